The molecule has 2 unspecified atom stereocenters. The minimum Gasteiger partial charge on any atom is -0.479 e. The fraction of sp³-hybridized carbons (Fsp3) is 0.500. The predicted octanol–water partition coefficient (Wildman–Crippen LogP) is 2.74. The van der Waals surface area contributed by atoms with Crippen LogP contribution < -0.4 is 10.1 Å². The SMILES string of the molecule is CCCC(Oc1cc(F)ccc1C(C)NC)C(=O)O. The number of rotatable bonds is 7. The molecule has 0 spiro atoms. The van der Waals surface area contributed by atoms with E-state index in [1.54, 1.807) is 13.1 Å². The van der Waals surface area contributed by atoms with Gasteiger partial charge in [-0.15, -0.1) is 0 Å². The lowest BCUT2D eigenvalue weighted by atomic mass is 10.1. The third-order valence-electron chi connectivity index (χ3n) is 2.97. The van der Waals surface area contributed by atoms with Crippen molar-refractivity contribution in [3.8, 4) is 5.75 Å². The summed E-state index contributed by atoms with van der Waals surface area (Å²) in [4.78, 5) is 11.1. The molecule has 0 aliphatic carbocycles. The average molecular weight is 269 g/mol. The molecule has 0 aliphatic heterocycles. The molecule has 106 valence electrons. The Labute approximate surface area is 112 Å². The maximum atomic E-state index is 13.3. The molecule has 0 aliphatic rings. The highest BCUT2D eigenvalue weighted by molar-refractivity contribution is 5.72. The molecule has 1 aromatic rings. The molecule has 0 fully saturated rings. The van der Waals surface area contributed by atoms with Crippen molar-refractivity contribution in [2.24, 2.45) is 0 Å². The summed E-state index contributed by atoms with van der Waals surface area (Å²) < 4.78 is 18.8. The normalized spacial score (nSPS) is 13.9. The van der Waals surface area contributed by atoms with Crippen LogP contribution in [0.2, 0.25) is 0 Å². The summed E-state index contributed by atoms with van der Waals surface area (Å²) in [5, 5.41) is 12.1. The van der Waals surface area contributed by atoms with Crippen molar-refractivity contribution in [2.45, 2.75) is 38.8 Å². The van der Waals surface area contributed by atoms with Crippen LogP contribution in [0.25, 0.3) is 0 Å². The molecule has 0 aromatic heterocycles. The fourth-order valence-corrected chi connectivity index (χ4v) is 1.77. The Morgan fingerprint density at radius 3 is 2.74 bits per heavy atom. The van der Waals surface area contributed by atoms with Crippen LogP contribution in [0.5, 0.6) is 5.75 Å². The number of benzene rings is 1. The molecule has 2 N–H and O–H groups in total. The molecule has 0 saturated carbocycles. The largest absolute Gasteiger partial charge is 0.479 e. The summed E-state index contributed by atoms with van der Waals surface area (Å²) in [6.45, 7) is 3.78. The van der Waals surface area contributed by atoms with E-state index in [1.165, 1.54) is 12.1 Å². The third-order valence-corrected chi connectivity index (χ3v) is 2.97. The zero-order valence-corrected chi connectivity index (χ0v) is 11.4. The van der Waals surface area contributed by atoms with Crippen molar-refractivity contribution in [3.63, 3.8) is 0 Å². The van der Waals surface area contributed by atoms with Gasteiger partial charge in [0, 0.05) is 17.7 Å². The summed E-state index contributed by atoms with van der Waals surface area (Å²) in [5.41, 5.74) is 0.742. The van der Waals surface area contributed by atoms with E-state index in [-0.39, 0.29) is 11.8 Å². The van der Waals surface area contributed by atoms with Crippen LogP contribution in [0.3, 0.4) is 0 Å². The molecule has 2 atom stereocenters. The quantitative estimate of drug-likeness (QED) is 0.799. The number of hydrogen-bond acceptors (Lipinski definition) is 3. The topological polar surface area (TPSA) is 58.6 Å². The van der Waals surface area contributed by atoms with Crippen LogP contribution >= 0.6 is 0 Å². The predicted molar refractivity (Wildman–Crippen MR) is 70.8 cm³/mol. The third kappa shape index (κ3) is 4.21. The lowest BCUT2D eigenvalue weighted by Gasteiger charge is -2.20. The van der Waals surface area contributed by atoms with Crippen molar-refractivity contribution in [1.29, 1.82) is 0 Å². The van der Waals surface area contributed by atoms with Gasteiger partial charge in [0.15, 0.2) is 6.10 Å². The van der Waals surface area contributed by atoms with Crippen LogP contribution in [0.1, 0.15) is 38.3 Å². The molecular formula is C14H20FNO3. The van der Waals surface area contributed by atoms with E-state index in [1.807, 2.05) is 13.8 Å². The van der Waals surface area contributed by atoms with E-state index < -0.39 is 17.9 Å². The van der Waals surface area contributed by atoms with E-state index >= 15 is 0 Å². The number of carboxylic acids is 1. The Kier molecular flexibility index (Phi) is 5.76. The van der Waals surface area contributed by atoms with Crippen molar-refractivity contribution >= 4 is 5.97 Å². The van der Waals surface area contributed by atoms with Gasteiger partial charge < -0.3 is 15.2 Å². The molecule has 1 rings (SSSR count). The van der Waals surface area contributed by atoms with Crippen molar-refractivity contribution in [2.75, 3.05) is 7.05 Å². The average Bonchev–Trinajstić information content (AvgIpc) is 2.37. The molecule has 4 nitrogen and oxygen atoms in total. The van der Waals surface area contributed by atoms with Crippen LogP contribution in [-0.4, -0.2) is 24.2 Å². The number of hydrogen-bond donors (Lipinski definition) is 2. The van der Waals surface area contributed by atoms with Crippen LogP contribution in [-0.2, 0) is 4.79 Å². The Balaban J connectivity index is 3.03. The first-order valence-electron chi connectivity index (χ1n) is 6.35. The van der Waals surface area contributed by atoms with Gasteiger partial charge in [-0.05, 0) is 26.5 Å². The highest BCUT2D eigenvalue weighted by Gasteiger charge is 2.21. The molecule has 0 radical (unpaired) electrons. The smallest absolute Gasteiger partial charge is 0.344 e. The Bertz CT molecular complexity index is 437. The standard InChI is InChI=1S/C14H20FNO3/c1-4-5-12(14(17)18)19-13-8-10(15)6-7-11(13)9(2)16-3/h6-9,12,16H,4-5H2,1-3H3,(H,17,18). The monoisotopic (exact) mass is 269 g/mol. The Hall–Kier alpha value is -1.62. The number of aliphatic carboxylic acids is 1. The second-order valence-electron chi connectivity index (χ2n) is 4.43. The first-order chi connectivity index (χ1) is 8.99. The van der Waals surface area contributed by atoms with Crippen molar-refractivity contribution in [3.05, 3.63) is 29.6 Å². The summed E-state index contributed by atoms with van der Waals surface area (Å²) in [6.07, 6.45) is 0.122. The first-order valence-corrected chi connectivity index (χ1v) is 6.35. The van der Waals surface area contributed by atoms with Gasteiger partial charge in [0.2, 0.25) is 0 Å². The van der Waals surface area contributed by atoms with E-state index in [0.29, 0.717) is 12.8 Å². The zero-order chi connectivity index (χ0) is 14.4. The van der Waals surface area contributed by atoms with Gasteiger partial charge in [0.25, 0.3) is 0 Å². The Morgan fingerprint density at radius 1 is 1.53 bits per heavy atom. The van der Waals surface area contributed by atoms with Gasteiger partial charge in [0.05, 0.1) is 0 Å². The fourth-order valence-electron chi connectivity index (χ4n) is 1.77. The molecule has 0 amide bonds. The lowest BCUT2D eigenvalue weighted by molar-refractivity contribution is -0.145. The zero-order valence-electron chi connectivity index (χ0n) is 11.4. The molecule has 1 aromatic carbocycles. The van der Waals surface area contributed by atoms with Gasteiger partial charge in [-0.25, -0.2) is 9.18 Å². The van der Waals surface area contributed by atoms with E-state index in [0.717, 1.165) is 5.56 Å². The van der Waals surface area contributed by atoms with E-state index in [9.17, 15) is 9.18 Å². The summed E-state index contributed by atoms with van der Waals surface area (Å²) in [5.74, 6) is -1.19. The lowest BCUT2D eigenvalue weighted by Crippen LogP contribution is -2.27. The number of ether oxygens (including phenoxy) is 1. The highest BCUT2D eigenvalue weighted by Crippen LogP contribution is 2.27. The second-order valence-corrected chi connectivity index (χ2v) is 4.43. The maximum absolute atomic E-state index is 13.3. The number of carboxylic acid groups (broad SMARTS) is 1. The van der Waals surface area contributed by atoms with Crippen molar-refractivity contribution < 1.29 is 19.0 Å². The molecule has 5 heteroatoms. The minimum atomic E-state index is -1.03. The number of carbonyl (C=O) groups is 1. The Morgan fingerprint density at radius 2 is 2.21 bits per heavy atom. The molecule has 0 saturated heterocycles. The first kappa shape index (κ1) is 15.4. The van der Waals surface area contributed by atoms with Gasteiger partial charge >= 0.3 is 5.97 Å². The summed E-state index contributed by atoms with van der Waals surface area (Å²) >= 11 is 0. The van der Waals surface area contributed by atoms with Gasteiger partial charge in [-0.3, -0.25) is 0 Å². The minimum absolute atomic E-state index is 0.0494. The second kappa shape index (κ2) is 7.09. The van der Waals surface area contributed by atoms with Gasteiger partial charge in [-0.2, -0.15) is 0 Å². The van der Waals surface area contributed by atoms with Gasteiger partial charge in [0.1, 0.15) is 11.6 Å². The van der Waals surface area contributed by atoms with E-state index in [4.69, 9.17) is 9.84 Å². The van der Waals surface area contributed by atoms with Gasteiger partial charge in [-0.1, -0.05) is 19.4 Å². The van der Waals surface area contributed by atoms with Crippen LogP contribution in [0.4, 0.5) is 4.39 Å². The maximum Gasteiger partial charge on any atom is 0.344 e. The number of halogens is 1. The number of nitrogens with one attached hydrogen (secondary N) is 1. The van der Waals surface area contributed by atoms with E-state index in [2.05, 4.69) is 5.32 Å². The molecular weight excluding hydrogens is 249 g/mol. The van der Waals surface area contributed by atoms with Crippen molar-refractivity contribution in [1.82, 2.24) is 5.32 Å². The van der Waals surface area contributed by atoms with Crippen LogP contribution in [0.15, 0.2) is 18.2 Å². The highest BCUT2D eigenvalue weighted by atomic mass is 19.1. The molecule has 0 bridgehead atoms. The molecule has 0 heterocycles. The van der Waals surface area contributed by atoms with Crippen LogP contribution in [0, 0.1) is 5.82 Å². The summed E-state index contributed by atoms with van der Waals surface area (Å²) in [7, 11) is 1.78. The molecule has 19 heavy (non-hydrogen) atoms. The summed E-state index contributed by atoms with van der Waals surface area (Å²) in [6, 6.07) is 4.13.